The Bertz CT molecular complexity index is 845. The first-order chi connectivity index (χ1) is 12.3. The summed E-state index contributed by atoms with van der Waals surface area (Å²) in [7, 11) is 0. The second kappa shape index (κ2) is 8.91. The van der Waals surface area contributed by atoms with Crippen LogP contribution in [0, 0.1) is 11.6 Å². The van der Waals surface area contributed by atoms with Crippen LogP contribution in [-0.4, -0.2) is 30.9 Å². The summed E-state index contributed by atoms with van der Waals surface area (Å²) in [5, 5.41) is 4.58. The number of hydrogen-bond acceptors (Lipinski definition) is 4. The summed E-state index contributed by atoms with van der Waals surface area (Å²) in [6, 6.07) is 8.31. The van der Waals surface area contributed by atoms with Crippen molar-refractivity contribution >= 4 is 35.1 Å². The Kier molecular flexibility index (Phi) is 6.62. The van der Waals surface area contributed by atoms with E-state index in [1.54, 1.807) is 0 Å². The predicted molar refractivity (Wildman–Crippen MR) is 89.7 cm³/mol. The number of carbonyl (C=O) groups is 3. The Morgan fingerprint density at radius 2 is 1.77 bits per heavy atom. The molecule has 0 aliphatic heterocycles. The van der Waals surface area contributed by atoms with E-state index in [1.807, 2.05) is 0 Å². The Morgan fingerprint density at radius 1 is 1.04 bits per heavy atom. The van der Waals surface area contributed by atoms with Crippen LogP contribution in [0.2, 0.25) is 5.02 Å². The fourth-order valence-electron chi connectivity index (χ4n) is 1.86. The molecule has 2 aromatic carbocycles. The van der Waals surface area contributed by atoms with Gasteiger partial charge in [-0.15, -0.1) is 0 Å². The van der Waals surface area contributed by atoms with Crippen LogP contribution < -0.4 is 10.6 Å². The van der Waals surface area contributed by atoms with Crippen molar-refractivity contribution in [2.24, 2.45) is 0 Å². The zero-order valence-electron chi connectivity index (χ0n) is 13.2. The molecule has 6 nitrogen and oxygen atoms in total. The van der Waals surface area contributed by atoms with Gasteiger partial charge in [-0.1, -0.05) is 17.7 Å². The van der Waals surface area contributed by atoms with E-state index in [-0.39, 0.29) is 16.3 Å². The van der Waals surface area contributed by atoms with Crippen LogP contribution in [0.1, 0.15) is 10.4 Å². The minimum atomic E-state index is -0.866. The zero-order valence-corrected chi connectivity index (χ0v) is 14.0. The number of anilines is 1. The molecule has 0 spiro atoms. The number of rotatable bonds is 6. The lowest BCUT2D eigenvalue weighted by molar-refractivity contribution is -0.146. The average Bonchev–Trinajstić information content (AvgIpc) is 2.60. The van der Waals surface area contributed by atoms with E-state index in [2.05, 4.69) is 10.6 Å². The zero-order chi connectivity index (χ0) is 19.1. The number of benzene rings is 2. The van der Waals surface area contributed by atoms with Gasteiger partial charge in [-0.05, 0) is 36.4 Å². The number of nitrogens with one attached hydrogen (secondary N) is 2. The number of esters is 1. The fraction of sp³-hybridized carbons (Fsp3) is 0.118. The summed E-state index contributed by atoms with van der Waals surface area (Å²) in [4.78, 5) is 35.0. The molecule has 0 aliphatic carbocycles. The molecule has 9 heteroatoms. The van der Waals surface area contributed by atoms with Crippen LogP contribution in [0.3, 0.4) is 0 Å². The number of ether oxygens (including phenoxy) is 1. The van der Waals surface area contributed by atoms with Gasteiger partial charge in [-0.3, -0.25) is 14.4 Å². The lowest BCUT2D eigenvalue weighted by Gasteiger charge is -2.09. The highest BCUT2D eigenvalue weighted by molar-refractivity contribution is 6.33. The standard InChI is InChI=1S/C17H13ClF2N2O4/c18-13-7-12(20)4-5-14(13)22-15(23)9-26-16(24)8-21-17(25)10-2-1-3-11(19)6-10/h1-7H,8-9H2,(H,21,25)(H,22,23). The third-order valence-corrected chi connectivity index (χ3v) is 3.36. The lowest BCUT2D eigenvalue weighted by atomic mass is 10.2. The molecule has 0 atom stereocenters. The number of hydrogen-bond donors (Lipinski definition) is 2. The third-order valence-electron chi connectivity index (χ3n) is 3.05. The van der Waals surface area contributed by atoms with Crippen LogP contribution in [0.15, 0.2) is 42.5 Å². The molecule has 26 heavy (non-hydrogen) atoms. The van der Waals surface area contributed by atoms with Crippen molar-refractivity contribution in [3.8, 4) is 0 Å². The van der Waals surface area contributed by atoms with Crippen molar-refractivity contribution in [1.82, 2.24) is 5.32 Å². The van der Waals surface area contributed by atoms with E-state index < -0.39 is 42.6 Å². The van der Waals surface area contributed by atoms with Gasteiger partial charge in [0.15, 0.2) is 6.61 Å². The Balaban J connectivity index is 1.76. The lowest BCUT2D eigenvalue weighted by Crippen LogP contribution is -2.32. The van der Waals surface area contributed by atoms with Gasteiger partial charge in [0.25, 0.3) is 11.8 Å². The van der Waals surface area contributed by atoms with Gasteiger partial charge < -0.3 is 15.4 Å². The highest BCUT2D eigenvalue weighted by Crippen LogP contribution is 2.22. The molecular formula is C17H13ClF2N2O4. The van der Waals surface area contributed by atoms with Crippen LogP contribution in [-0.2, 0) is 14.3 Å². The molecule has 0 unspecified atom stereocenters. The van der Waals surface area contributed by atoms with Crippen LogP contribution >= 0.6 is 11.6 Å². The predicted octanol–water partition coefficient (Wildman–Crippen LogP) is 2.53. The van der Waals surface area contributed by atoms with Gasteiger partial charge in [0.05, 0.1) is 10.7 Å². The van der Waals surface area contributed by atoms with E-state index >= 15 is 0 Å². The van der Waals surface area contributed by atoms with E-state index in [0.29, 0.717) is 0 Å². The molecule has 0 bridgehead atoms. The summed E-state index contributed by atoms with van der Waals surface area (Å²) in [6.45, 7) is -1.12. The quantitative estimate of drug-likeness (QED) is 0.752. The topological polar surface area (TPSA) is 84.5 Å². The normalized spacial score (nSPS) is 10.1. The Hall–Kier alpha value is -3.00. The second-order valence-electron chi connectivity index (χ2n) is 5.03. The van der Waals surface area contributed by atoms with Crippen LogP contribution in [0.5, 0.6) is 0 Å². The molecule has 2 amide bonds. The largest absolute Gasteiger partial charge is 0.454 e. The summed E-state index contributed by atoms with van der Waals surface area (Å²) < 4.78 is 30.6. The Morgan fingerprint density at radius 3 is 2.46 bits per heavy atom. The summed E-state index contributed by atoms with van der Waals surface area (Å²) in [5.41, 5.74) is 0.204. The van der Waals surface area contributed by atoms with E-state index in [9.17, 15) is 23.2 Å². The second-order valence-corrected chi connectivity index (χ2v) is 5.43. The van der Waals surface area contributed by atoms with Crippen LogP contribution in [0.4, 0.5) is 14.5 Å². The molecule has 136 valence electrons. The average molecular weight is 383 g/mol. The van der Waals surface area contributed by atoms with Crippen molar-refractivity contribution in [2.75, 3.05) is 18.5 Å². The Labute approximate surface area is 152 Å². The molecule has 2 N–H and O–H groups in total. The maximum Gasteiger partial charge on any atom is 0.325 e. The van der Waals surface area contributed by atoms with E-state index in [1.165, 1.54) is 24.3 Å². The van der Waals surface area contributed by atoms with Crippen molar-refractivity contribution < 1.29 is 27.9 Å². The molecule has 0 saturated heterocycles. The van der Waals surface area contributed by atoms with Crippen molar-refractivity contribution in [3.63, 3.8) is 0 Å². The van der Waals surface area contributed by atoms with Crippen molar-refractivity contribution in [3.05, 3.63) is 64.7 Å². The first kappa shape index (κ1) is 19.3. The monoisotopic (exact) mass is 382 g/mol. The van der Waals surface area contributed by atoms with E-state index in [4.69, 9.17) is 16.3 Å². The van der Waals surface area contributed by atoms with Gasteiger partial charge in [0.1, 0.15) is 18.2 Å². The van der Waals surface area contributed by atoms with Crippen molar-refractivity contribution in [2.45, 2.75) is 0 Å². The maximum absolute atomic E-state index is 13.0. The first-order valence-corrected chi connectivity index (χ1v) is 7.67. The molecule has 0 radical (unpaired) electrons. The SMILES string of the molecule is O=C(COC(=O)CNC(=O)c1cccc(F)c1)Nc1ccc(F)cc1Cl. The highest BCUT2D eigenvalue weighted by atomic mass is 35.5. The molecule has 0 aliphatic rings. The van der Waals surface area contributed by atoms with Gasteiger partial charge in [-0.2, -0.15) is 0 Å². The number of amides is 2. The van der Waals surface area contributed by atoms with Gasteiger partial charge >= 0.3 is 5.97 Å². The van der Waals surface area contributed by atoms with Gasteiger partial charge in [-0.25, -0.2) is 8.78 Å². The molecule has 2 aromatic rings. The van der Waals surface area contributed by atoms with Gasteiger partial charge in [0, 0.05) is 5.56 Å². The van der Waals surface area contributed by atoms with Crippen LogP contribution in [0.25, 0.3) is 0 Å². The first-order valence-electron chi connectivity index (χ1n) is 7.29. The molecular weight excluding hydrogens is 370 g/mol. The molecule has 0 aromatic heterocycles. The maximum atomic E-state index is 13.0. The smallest absolute Gasteiger partial charge is 0.325 e. The van der Waals surface area contributed by atoms with Crippen molar-refractivity contribution in [1.29, 1.82) is 0 Å². The molecule has 0 fully saturated rings. The fourth-order valence-corrected chi connectivity index (χ4v) is 2.07. The number of halogens is 3. The summed E-state index contributed by atoms with van der Waals surface area (Å²) in [6.07, 6.45) is 0. The minimum absolute atomic E-state index is 0.00738. The summed E-state index contributed by atoms with van der Waals surface area (Å²) in [5.74, 6) is -3.37. The highest BCUT2D eigenvalue weighted by Gasteiger charge is 2.12. The molecule has 0 saturated carbocycles. The number of carbonyl (C=O) groups excluding carboxylic acids is 3. The summed E-state index contributed by atoms with van der Waals surface area (Å²) >= 11 is 5.75. The van der Waals surface area contributed by atoms with E-state index in [0.717, 1.165) is 18.2 Å². The third kappa shape index (κ3) is 5.82. The molecule has 0 heterocycles. The van der Waals surface area contributed by atoms with Gasteiger partial charge in [0.2, 0.25) is 0 Å². The minimum Gasteiger partial charge on any atom is -0.454 e. The molecule has 2 rings (SSSR count).